The van der Waals surface area contributed by atoms with E-state index < -0.39 is 23.9 Å². The summed E-state index contributed by atoms with van der Waals surface area (Å²) in [6.07, 6.45) is 10.5. The maximum Gasteiger partial charge on any atom is 0.319 e. The summed E-state index contributed by atoms with van der Waals surface area (Å²) in [5.41, 5.74) is 15.2. The van der Waals surface area contributed by atoms with E-state index in [9.17, 15) is 14.7 Å². The lowest BCUT2D eigenvalue weighted by molar-refractivity contribution is -0.142. The van der Waals surface area contributed by atoms with Crippen molar-refractivity contribution in [3.63, 3.8) is 0 Å². The van der Waals surface area contributed by atoms with Crippen LogP contribution in [0.3, 0.4) is 0 Å². The van der Waals surface area contributed by atoms with E-state index in [0.717, 1.165) is 76.9 Å². The number of carbonyl (C=O) groups is 2. The fourth-order valence-corrected chi connectivity index (χ4v) is 11.6. The molecule has 3 saturated heterocycles. The average Bonchev–Trinajstić information content (AvgIpc) is 4.02. The van der Waals surface area contributed by atoms with Gasteiger partial charge in [0.1, 0.15) is 48.1 Å². The Labute approximate surface area is 458 Å². The molecular formula is C60H68FN12O6+. The standard InChI is InChI=1S/C60H67FN12O6/c1-33(2)55(59(76)71-21-7-9-51(71)58(75)66-50(30-74)40-18-14-37(15-19-40)41-8-6-20-64-26-41)73-29-49(69-70-73)39-12-10-36(11-13-39)32-78-56-53(52-35(4)47(61)24-48(63)46(52)25-62)44(38-16-17-38)23-45-54(56)67-60(79-31-34(3)77-5)68-57(45)72-28-42-22-43(72)27-65-42/h6,8,10-15,18-20,23-26,29,33-34,38,42-43,50-51,55,62,65,74H,7,9,16-17,21-22,27-28,30-32,63H2,1-5H3,(H,66,75)/p+1/t34-,42-,43-,50-,51-,55-/m0/s1. The van der Waals surface area contributed by atoms with Gasteiger partial charge in [0.2, 0.25) is 11.8 Å². The number of carbonyl (C=O) groups excluding carboxylic acids is 2. The van der Waals surface area contributed by atoms with E-state index in [2.05, 4.69) is 36.9 Å². The summed E-state index contributed by atoms with van der Waals surface area (Å²) in [6.45, 7) is 9.58. The average molecular weight is 1070 g/mol. The number of ether oxygens (including phenoxy) is 3. The SMILES string of the molecule is CO[C@@H](C)COc1nc(N2C[C@@H]3C[C@H]2CN3)c2cc(C3CC3)c(-c3c(C)c(F)cc(N)c3C=[NH2+])c(OCc3ccc(-c4cn([C@H](C(=O)N5CCC[C@H]5C(=O)N[C@@H](CO)c5ccc(-c6cccnc6)cc5)C(C)C)nn4)cc3)c2n1. The number of fused-ring (bicyclic) bond motifs is 3. The van der Waals surface area contributed by atoms with Crippen molar-refractivity contribution in [2.24, 2.45) is 5.92 Å². The summed E-state index contributed by atoms with van der Waals surface area (Å²) in [5.74, 6) is 0.173. The Morgan fingerprint density at radius 2 is 1.78 bits per heavy atom. The molecule has 410 valence electrons. The Morgan fingerprint density at radius 1 is 1.00 bits per heavy atom. The van der Waals surface area contributed by atoms with Crippen LogP contribution < -0.4 is 36.2 Å². The van der Waals surface area contributed by atoms with Crippen LogP contribution in [0, 0.1) is 18.7 Å². The van der Waals surface area contributed by atoms with Crippen molar-refractivity contribution in [1.82, 2.24) is 45.5 Å². The van der Waals surface area contributed by atoms with Crippen LogP contribution in [-0.2, 0) is 20.9 Å². The van der Waals surface area contributed by atoms with Crippen molar-refractivity contribution < 1.29 is 38.7 Å². The lowest BCUT2D eigenvalue weighted by Crippen LogP contribution is -2.50. The number of piperazine rings is 1. The van der Waals surface area contributed by atoms with Gasteiger partial charge in [0.25, 0.3) is 0 Å². The first-order valence-electron chi connectivity index (χ1n) is 27.4. The molecule has 3 aliphatic heterocycles. The summed E-state index contributed by atoms with van der Waals surface area (Å²) in [6, 6.07) is 21.3. The van der Waals surface area contributed by atoms with Crippen LogP contribution in [0.5, 0.6) is 11.8 Å². The number of nitrogen functional groups attached to an aromatic ring is 1. The van der Waals surface area contributed by atoms with E-state index in [-0.39, 0.29) is 67.3 Å². The molecule has 1 aliphatic carbocycles. The van der Waals surface area contributed by atoms with Crippen molar-refractivity contribution >= 4 is 40.4 Å². The Kier molecular flexibility index (Phi) is 15.1. The lowest BCUT2D eigenvalue weighted by atomic mass is 9.87. The molecule has 2 amide bonds. The molecule has 18 nitrogen and oxygen atoms in total. The van der Waals surface area contributed by atoms with Crippen LogP contribution in [0.25, 0.3) is 44.4 Å². The molecule has 4 aromatic carbocycles. The molecule has 1 saturated carbocycles. The molecule has 19 heteroatoms. The number of pyridine rings is 1. The number of likely N-dealkylation sites (tertiary alicyclic amines) is 1. The van der Waals surface area contributed by atoms with Gasteiger partial charge in [-0.1, -0.05) is 73.7 Å². The zero-order chi connectivity index (χ0) is 55.1. The van der Waals surface area contributed by atoms with E-state index in [1.54, 1.807) is 42.2 Å². The normalized spacial score (nSPS) is 19.0. The van der Waals surface area contributed by atoms with E-state index in [1.807, 2.05) is 81.4 Å². The van der Waals surface area contributed by atoms with Crippen molar-refractivity contribution in [2.75, 3.05) is 50.6 Å². The molecule has 6 atom stereocenters. The van der Waals surface area contributed by atoms with Gasteiger partial charge in [-0.2, -0.15) is 9.97 Å². The minimum atomic E-state index is -0.739. The second kappa shape index (κ2) is 22.5. The van der Waals surface area contributed by atoms with Gasteiger partial charge in [0, 0.05) is 79.0 Å². The van der Waals surface area contributed by atoms with Crippen molar-refractivity contribution in [1.29, 1.82) is 0 Å². The quantitative estimate of drug-likeness (QED) is 0.0418. The molecule has 4 fully saturated rings. The number of aromatic nitrogens is 6. The fraction of sp³-hybridized carbons (Fsp3) is 0.400. The van der Waals surface area contributed by atoms with E-state index >= 15 is 4.39 Å². The van der Waals surface area contributed by atoms with Gasteiger partial charge in [-0.25, -0.2) is 9.07 Å². The number of aliphatic hydroxyl groups excluding tert-OH is 1. The van der Waals surface area contributed by atoms with Crippen molar-refractivity contribution in [3.8, 4) is 45.3 Å². The minimum Gasteiger partial charge on any atom is -0.486 e. The molecule has 4 aliphatic rings. The number of hydrogen-bond acceptors (Lipinski definition) is 14. The van der Waals surface area contributed by atoms with Gasteiger partial charge in [0.15, 0.2) is 12.0 Å². The third kappa shape index (κ3) is 10.6. The number of anilines is 2. The first kappa shape index (κ1) is 53.1. The number of nitrogens with one attached hydrogen (secondary N) is 2. The Balaban J connectivity index is 0.866. The summed E-state index contributed by atoms with van der Waals surface area (Å²) in [5, 5.41) is 33.2. The topological polar surface area (TPSA) is 234 Å². The number of amides is 2. The molecule has 3 aromatic heterocycles. The molecule has 11 rings (SSSR count). The Hall–Kier alpha value is -7.87. The van der Waals surface area contributed by atoms with Crippen LogP contribution in [0.4, 0.5) is 15.9 Å². The molecule has 0 radical (unpaired) electrons. The largest absolute Gasteiger partial charge is 0.486 e. The van der Waals surface area contributed by atoms with Gasteiger partial charge >= 0.3 is 6.01 Å². The highest BCUT2D eigenvalue weighted by Gasteiger charge is 2.42. The van der Waals surface area contributed by atoms with Crippen LogP contribution >= 0.6 is 0 Å². The second-order valence-electron chi connectivity index (χ2n) is 21.8. The molecule has 0 spiro atoms. The molecule has 7 aromatic rings. The predicted molar refractivity (Wildman–Crippen MR) is 299 cm³/mol. The van der Waals surface area contributed by atoms with Crippen LogP contribution in [0.1, 0.15) is 98.7 Å². The summed E-state index contributed by atoms with van der Waals surface area (Å²) >= 11 is 0. The number of nitrogens with zero attached hydrogens (tertiary/aromatic N) is 8. The first-order chi connectivity index (χ1) is 38.3. The highest BCUT2D eigenvalue weighted by Crippen LogP contribution is 2.53. The zero-order valence-corrected chi connectivity index (χ0v) is 45.2. The number of hydrogen-bond donors (Lipinski definition) is 5. The van der Waals surface area contributed by atoms with Gasteiger partial charge in [0.05, 0.1) is 30.5 Å². The minimum absolute atomic E-state index is 0.106. The van der Waals surface area contributed by atoms with E-state index in [4.69, 9.17) is 35.3 Å². The molecule has 0 unspecified atom stereocenters. The highest BCUT2D eigenvalue weighted by atomic mass is 19.1. The zero-order valence-electron chi connectivity index (χ0n) is 45.2. The fourth-order valence-electron chi connectivity index (χ4n) is 11.6. The molecule has 2 bridgehead atoms. The third-order valence-electron chi connectivity index (χ3n) is 16.1. The maximum absolute atomic E-state index is 16.0. The number of methoxy groups -OCH3 is 1. The van der Waals surface area contributed by atoms with Crippen molar-refractivity contribution in [2.45, 2.75) is 109 Å². The molecule has 6 heterocycles. The Morgan fingerprint density at radius 3 is 2.46 bits per heavy atom. The number of nitrogens with two attached hydrogens (primary N) is 2. The number of halogens is 1. The number of benzene rings is 4. The summed E-state index contributed by atoms with van der Waals surface area (Å²) < 4.78 is 36.4. The van der Waals surface area contributed by atoms with Gasteiger partial charge < -0.3 is 45.5 Å². The smallest absolute Gasteiger partial charge is 0.319 e. The molecule has 79 heavy (non-hydrogen) atoms. The third-order valence-corrected chi connectivity index (χ3v) is 16.1. The first-order valence-corrected chi connectivity index (χ1v) is 27.4. The maximum atomic E-state index is 16.0. The second-order valence-corrected chi connectivity index (χ2v) is 21.8. The van der Waals surface area contributed by atoms with Crippen molar-refractivity contribution in [3.05, 3.63) is 125 Å². The van der Waals surface area contributed by atoms with Crippen LogP contribution in [-0.4, -0.2) is 122 Å². The summed E-state index contributed by atoms with van der Waals surface area (Å²) in [7, 11) is 1.63. The highest BCUT2D eigenvalue weighted by molar-refractivity contribution is 6.05. The van der Waals surface area contributed by atoms with Crippen LogP contribution in [0.15, 0.2) is 91.4 Å². The predicted octanol–water partition coefficient (Wildman–Crippen LogP) is 6.28. The Bertz CT molecular complexity index is 3390. The van der Waals surface area contributed by atoms with E-state index in [0.29, 0.717) is 64.6 Å². The molecule has 7 N–H and O–H groups in total. The number of rotatable bonds is 20. The molecular weight excluding hydrogens is 1000 g/mol. The van der Waals surface area contributed by atoms with Gasteiger partial charge in [-0.05, 0) is 109 Å². The van der Waals surface area contributed by atoms with Gasteiger partial charge in [-0.3, -0.25) is 20.0 Å². The lowest BCUT2D eigenvalue weighted by Gasteiger charge is -2.30. The van der Waals surface area contributed by atoms with Gasteiger partial charge in [-0.15, -0.1) is 5.10 Å². The number of aliphatic hydroxyl groups is 1. The van der Waals surface area contributed by atoms with Crippen LogP contribution in [0.2, 0.25) is 0 Å². The monoisotopic (exact) mass is 1070 g/mol. The van der Waals surface area contributed by atoms with E-state index in [1.165, 1.54) is 12.3 Å². The summed E-state index contributed by atoms with van der Waals surface area (Å²) in [4.78, 5) is 46.9.